The maximum Gasteiger partial charge on any atom is 0.310 e. The second-order valence-electron chi connectivity index (χ2n) is 6.77. The molecule has 2 bridgehead atoms. The predicted molar refractivity (Wildman–Crippen MR) is 89.1 cm³/mol. The highest BCUT2D eigenvalue weighted by Gasteiger charge is 2.52. The number of nitrogens with one attached hydrogen (secondary N) is 1. The van der Waals surface area contributed by atoms with Gasteiger partial charge in [0.15, 0.2) is 11.5 Å². The van der Waals surface area contributed by atoms with E-state index in [1.807, 2.05) is 36.4 Å². The van der Waals surface area contributed by atoms with Crippen LogP contribution in [0.25, 0.3) is 0 Å². The molecule has 0 saturated heterocycles. The highest BCUT2D eigenvalue weighted by atomic mass is 16.6. The highest BCUT2D eigenvalue weighted by Crippen LogP contribution is 2.48. The number of fused-ring (bicyclic) bond motifs is 3. The van der Waals surface area contributed by atoms with Crippen LogP contribution in [0, 0.1) is 23.7 Å². The van der Waals surface area contributed by atoms with E-state index >= 15 is 0 Å². The molecule has 0 aromatic heterocycles. The van der Waals surface area contributed by atoms with Gasteiger partial charge in [-0.15, -0.1) is 0 Å². The normalized spacial score (nSPS) is 31.6. The number of hydrogen-bond donors (Lipinski definition) is 1. The number of ether oxygens (including phenoxy) is 3. The van der Waals surface area contributed by atoms with E-state index in [0.717, 1.165) is 6.42 Å². The van der Waals surface area contributed by atoms with E-state index in [1.54, 1.807) is 0 Å². The maximum absolute atomic E-state index is 12.7. The zero-order valence-electron chi connectivity index (χ0n) is 14.0. The molecular weight excluding hydrogens is 322 g/mol. The summed E-state index contributed by atoms with van der Waals surface area (Å²) in [4.78, 5) is 24.8. The van der Waals surface area contributed by atoms with E-state index in [0.29, 0.717) is 24.7 Å². The molecule has 1 heterocycles. The Hall–Kier alpha value is -2.50. The number of allylic oxidation sites excluding steroid dienone is 2. The third kappa shape index (κ3) is 2.86. The zero-order valence-corrected chi connectivity index (χ0v) is 14.0. The number of hydrogen-bond acceptors (Lipinski definition) is 5. The summed E-state index contributed by atoms with van der Waals surface area (Å²) in [5.41, 5.74) is 0. The summed E-state index contributed by atoms with van der Waals surface area (Å²) in [6, 6.07) is 7.47. The monoisotopic (exact) mass is 343 g/mol. The fraction of sp³-hybridized carbons (Fsp3) is 0.474. The average Bonchev–Trinajstić information content (AvgIpc) is 3.26. The van der Waals surface area contributed by atoms with E-state index in [-0.39, 0.29) is 41.7 Å². The molecule has 132 valence electrons. The smallest absolute Gasteiger partial charge is 0.310 e. The Bertz CT molecular complexity index is 716. The van der Waals surface area contributed by atoms with Crippen molar-refractivity contribution in [1.29, 1.82) is 0 Å². The second-order valence-corrected chi connectivity index (χ2v) is 6.77. The van der Waals surface area contributed by atoms with E-state index < -0.39 is 0 Å². The number of carbonyl (C=O) groups is 2. The molecular formula is C19H21NO5. The van der Waals surface area contributed by atoms with Crippen LogP contribution in [0.5, 0.6) is 11.5 Å². The van der Waals surface area contributed by atoms with Crippen molar-refractivity contribution in [1.82, 2.24) is 5.32 Å². The summed E-state index contributed by atoms with van der Waals surface area (Å²) < 4.78 is 16.4. The Morgan fingerprint density at radius 3 is 2.64 bits per heavy atom. The van der Waals surface area contributed by atoms with Crippen molar-refractivity contribution in [3.05, 3.63) is 36.4 Å². The van der Waals surface area contributed by atoms with Crippen LogP contribution in [0.3, 0.4) is 0 Å². The van der Waals surface area contributed by atoms with Crippen LogP contribution in [0.2, 0.25) is 0 Å². The Morgan fingerprint density at radius 1 is 1.16 bits per heavy atom. The zero-order chi connectivity index (χ0) is 17.4. The van der Waals surface area contributed by atoms with Crippen molar-refractivity contribution in [2.24, 2.45) is 23.7 Å². The van der Waals surface area contributed by atoms with Crippen LogP contribution in [-0.4, -0.2) is 38.2 Å². The van der Waals surface area contributed by atoms with Gasteiger partial charge in [0.05, 0.1) is 25.5 Å². The topological polar surface area (TPSA) is 73.9 Å². The van der Waals surface area contributed by atoms with E-state index in [2.05, 4.69) is 5.32 Å². The summed E-state index contributed by atoms with van der Waals surface area (Å²) in [6.07, 6.45) is 4.67. The van der Waals surface area contributed by atoms with Crippen molar-refractivity contribution >= 4 is 11.9 Å². The average molecular weight is 343 g/mol. The number of rotatable bonds is 4. The van der Waals surface area contributed by atoms with Crippen molar-refractivity contribution in [2.75, 3.05) is 20.3 Å². The summed E-state index contributed by atoms with van der Waals surface area (Å²) in [6.45, 7) is 0.729. The number of methoxy groups -OCH3 is 1. The molecule has 1 saturated carbocycles. The Balaban J connectivity index is 1.38. The number of carbonyl (C=O) groups excluding carboxylic acids is 2. The van der Waals surface area contributed by atoms with E-state index in [9.17, 15) is 9.59 Å². The Morgan fingerprint density at radius 2 is 1.88 bits per heavy atom. The molecule has 0 radical (unpaired) electrons. The molecule has 1 amide bonds. The van der Waals surface area contributed by atoms with Crippen LogP contribution in [0.4, 0.5) is 0 Å². The number of esters is 1. The quantitative estimate of drug-likeness (QED) is 0.663. The first kappa shape index (κ1) is 16.0. The minimum atomic E-state index is -0.385. The van der Waals surface area contributed by atoms with Crippen LogP contribution < -0.4 is 14.8 Å². The van der Waals surface area contributed by atoms with Crippen LogP contribution >= 0.6 is 0 Å². The lowest BCUT2D eigenvalue weighted by atomic mass is 9.82. The van der Waals surface area contributed by atoms with Gasteiger partial charge >= 0.3 is 5.97 Å². The van der Waals surface area contributed by atoms with Gasteiger partial charge in [-0.1, -0.05) is 24.3 Å². The molecule has 1 unspecified atom stereocenters. The molecule has 1 fully saturated rings. The third-order valence-electron chi connectivity index (χ3n) is 5.31. The largest absolute Gasteiger partial charge is 0.486 e. The molecule has 6 nitrogen and oxygen atoms in total. The van der Waals surface area contributed by atoms with Gasteiger partial charge in [-0.2, -0.15) is 0 Å². The van der Waals surface area contributed by atoms with Crippen molar-refractivity contribution in [3.8, 4) is 11.5 Å². The van der Waals surface area contributed by atoms with Crippen LogP contribution in [0.1, 0.15) is 6.42 Å². The van der Waals surface area contributed by atoms with Crippen LogP contribution in [0.15, 0.2) is 36.4 Å². The van der Waals surface area contributed by atoms with Crippen LogP contribution in [-0.2, 0) is 14.3 Å². The lowest BCUT2D eigenvalue weighted by Crippen LogP contribution is -2.46. The molecule has 25 heavy (non-hydrogen) atoms. The fourth-order valence-corrected chi connectivity index (χ4v) is 4.13. The van der Waals surface area contributed by atoms with E-state index in [1.165, 1.54) is 7.11 Å². The molecule has 1 aliphatic heterocycles. The number of para-hydroxylation sites is 2. The first-order valence-electron chi connectivity index (χ1n) is 8.59. The molecule has 1 aromatic carbocycles. The SMILES string of the molecule is COC(=O)[C@@H]1[C@H](C(=O)NCC2COc3ccccc3O2)[C@@H]2C=C[C@H]1C2. The first-order chi connectivity index (χ1) is 12.2. The van der Waals surface area contributed by atoms with E-state index in [4.69, 9.17) is 14.2 Å². The standard InChI is InChI=1S/C19H21NO5/c1-23-19(22)17-12-7-6-11(8-12)16(17)18(21)20-9-13-10-24-14-4-2-3-5-15(14)25-13/h2-7,11-13,16-17H,8-10H2,1H3,(H,20,21)/t11-,12+,13?,16-,17+/m1/s1. The molecule has 1 N–H and O–H groups in total. The maximum atomic E-state index is 12.7. The first-order valence-corrected chi connectivity index (χ1v) is 8.59. The molecule has 2 aliphatic carbocycles. The second kappa shape index (κ2) is 6.43. The fourth-order valence-electron chi connectivity index (χ4n) is 4.13. The minimum Gasteiger partial charge on any atom is -0.486 e. The molecule has 5 atom stereocenters. The molecule has 0 spiro atoms. The molecule has 6 heteroatoms. The van der Waals surface area contributed by atoms with Gasteiger partial charge in [-0.3, -0.25) is 9.59 Å². The third-order valence-corrected chi connectivity index (χ3v) is 5.31. The summed E-state index contributed by atoms with van der Waals surface area (Å²) in [5.74, 6) is 0.450. The van der Waals surface area contributed by atoms with Crippen molar-refractivity contribution < 1.29 is 23.8 Å². The van der Waals surface area contributed by atoms with Crippen molar-refractivity contribution in [2.45, 2.75) is 12.5 Å². The minimum absolute atomic E-state index is 0.106. The molecule has 1 aromatic rings. The highest BCUT2D eigenvalue weighted by molar-refractivity contribution is 5.87. The lowest BCUT2D eigenvalue weighted by molar-refractivity contribution is -0.151. The Labute approximate surface area is 146 Å². The Kier molecular flexibility index (Phi) is 4.11. The summed E-state index contributed by atoms with van der Waals surface area (Å²) in [7, 11) is 1.37. The molecule has 3 aliphatic rings. The van der Waals surface area contributed by atoms with Gasteiger partial charge in [0.2, 0.25) is 5.91 Å². The number of amides is 1. The van der Waals surface area contributed by atoms with Gasteiger partial charge < -0.3 is 19.5 Å². The van der Waals surface area contributed by atoms with Gasteiger partial charge in [0.25, 0.3) is 0 Å². The number of benzene rings is 1. The van der Waals surface area contributed by atoms with Crippen molar-refractivity contribution in [3.63, 3.8) is 0 Å². The summed E-state index contributed by atoms with van der Waals surface area (Å²) >= 11 is 0. The summed E-state index contributed by atoms with van der Waals surface area (Å²) in [5, 5.41) is 2.93. The van der Waals surface area contributed by atoms with Gasteiger partial charge in [0.1, 0.15) is 12.7 Å². The van der Waals surface area contributed by atoms with Gasteiger partial charge in [0, 0.05) is 0 Å². The van der Waals surface area contributed by atoms with Gasteiger partial charge in [-0.25, -0.2) is 0 Å². The predicted octanol–water partition coefficient (Wildman–Crippen LogP) is 1.55. The lowest BCUT2D eigenvalue weighted by Gasteiger charge is -2.28. The van der Waals surface area contributed by atoms with Gasteiger partial charge in [-0.05, 0) is 30.4 Å². The molecule has 4 rings (SSSR count).